The standard InChI is InChI=1S/C68H117N17O21S/c1-16-35(10)53(83-60(97)45(28-33(6)7)81-57(94)40(19-21-48(70)87)76-63(100)47-18-17-24-85(47)67(104)36(11)69)66(103)77-41(23-25-107-15)58(95)80-43(26-31(2)3)59(96)73-37(12)55(92)79-46(29-49(71)88)62(99)82-52(34(8)9)65(102)74-38(13)56(93)78-44(27-32(4)5)61(98)84-54(39(14)86)64(101)72-30-50(89)75-42(68(105)106)20-22-51(90)91/h31-47,52-54,86H,16-30,69H2,1-15H3,(H2,70,87)(H2,71,88)(H,72,101)(H,73,96)(H,74,102)(H,75,89)(H,76,100)(H,77,103)(H,78,93)(H,79,92)(H,80,95)(H,81,94)(H,82,99)(H,83,97)(H,84,98)(H,90,91)(H,105,106)/t35-,36-,37-,38-,39+,40-,41-,42-,43-,44-,45-,46-,47-,52-,53-,54-/m0/s1. The number of carboxylic acids is 2. The first-order chi connectivity index (χ1) is 49.8. The molecule has 39 heteroatoms. The Morgan fingerprint density at radius 1 is 0.467 bits per heavy atom. The second kappa shape index (κ2) is 47.4. The van der Waals surface area contributed by atoms with E-state index in [0.29, 0.717) is 18.6 Å². The van der Waals surface area contributed by atoms with Crippen LogP contribution in [0.1, 0.15) is 174 Å². The van der Waals surface area contributed by atoms with E-state index in [1.165, 1.54) is 51.3 Å². The van der Waals surface area contributed by atoms with Crippen LogP contribution in [-0.4, -0.2) is 242 Å². The molecule has 0 aromatic heterocycles. The molecule has 1 rings (SSSR count). The van der Waals surface area contributed by atoms with E-state index in [9.17, 15) is 96.5 Å². The van der Waals surface area contributed by atoms with Crippen molar-refractivity contribution in [1.82, 2.24) is 74.0 Å². The monoisotopic (exact) mass is 1540 g/mol. The zero-order chi connectivity index (χ0) is 82.0. The number of carbonyl (C=O) groups is 18. The fraction of sp³-hybridized carbons (Fsp3) is 0.735. The zero-order valence-electron chi connectivity index (χ0n) is 63.9. The van der Waals surface area contributed by atoms with E-state index in [0.717, 1.165) is 6.92 Å². The van der Waals surface area contributed by atoms with Crippen LogP contribution in [0.3, 0.4) is 0 Å². The number of nitrogens with one attached hydrogen (secondary N) is 13. The number of aliphatic hydroxyl groups is 1. The number of hydrogen-bond donors (Lipinski definition) is 19. The van der Waals surface area contributed by atoms with Crippen molar-refractivity contribution < 1.29 is 102 Å². The number of thioether (sulfide) groups is 1. The summed E-state index contributed by atoms with van der Waals surface area (Å²) in [6.07, 6.45) is -1.27. The van der Waals surface area contributed by atoms with Crippen molar-refractivity contribution in [2.24, 2.45) is 46.8 Å². The van der Waals surface area contributed by atoms with Gasteiger partial charge in [-0.15, -0.1) is 0 Å². The van der Waals surface area contributed by atoms with E-state index in [1.54, 1.807) is 61.6 Å². The Labute approximate surface area is 628 Å². The molecule has 16 atom stereocenters. The molecular formula is C68H117N17O21S. The van der Waals surface area contributed by atoms with E-state index >= 15 is 0 Å². The minimum Gasteiger partial charge on any atom is -0.481 e. The van der Waals surface area contributed by atoms with Gasteiger partial charge in [-0.3, -0.25) is 81.5 Å². The molecule has 0 aromatic rings. The van der Waals surface area contributed by atoms with Gasteiger partial charge >= 0.3 is 11.9 Å². The van der Waals surface area contributed by atoms with Crippen molar-refractivity contribution in [2.45, 2.75) is 265 Å². The third-order valence-corrected chi connectivity index (χ3v) is 17.8. The molecule has 0 aliphatic carbocycles. The average Bonchev–Trinajstić information content (AvgIpc) is 1.80. The molecule has 0 radical (unpaired) electrons. The molecule has 107 heavy (non-hydrogen) atoms. The first-order valence-corrected chi connectivity index (χ1v) is 37.3. The molecule has 1 saturated heterocycles. The van der Waals surface area contributed by atoms with Crippen LogP contribution in [0.4, 0.5) is 0 Å². The van der Waals surface area contributed by atoms with Gasteiger partial charge in [0, 0.05) is 19.4 Å². The van der Waals surface area contributed by atoms with Gasteiger partial charge in [-0.1, -0.05) is 75.7 Å². The zero-order valence-corrected chi connectivity index (χ0v) is 64.7. The Kier molecular flexibility index (Phi) is 42.4. The summed E-state index contributed by atoms with van der Waals surface area (Å²) in [4.78, 5) is 241. The number of rotatable bonds is 49. The van der Waals surface area contributed by atoms with E-state index < -0.39 is 235 Å². The minimum absolute atomic E-state index is 0.0140. The number of hydrogen-bond acceptors (Lipinski definition) is 21. The Morgan fingerprint density at radius 2 is 0.888 bits per heavy atom. The van der Waals surface area contributed by atoms with Gasteiger partial charge < -0.3 is 107 Å². The molecule has 0 spiro atoms. The van der Waals surface area contributed by atoms with Crippen molar-refractivity contribution in [1.29, 1.82) is 0 Å². The van der Waals surface area contributed by atoms with Crippen LogP contribution in [0.2, 0.25) is 0 Å². The highest BCUT2D eigenvalue weighted by Gasteiger charge is 2.41. The third kappa shape index (κ3) is 34.9. The highest BCUT2D eigenvalue weighted by Crippen LogP contribution is 2.20. The SMILES string of the molecule is CC[C@H](C)[C@H](NC(=O)[C@H](CC(C)C)NC(=O)[C@H](CCC(N)=O)NC(=O)[C@@H]1CCCN1C(=O)[C@H](C)N)C(=O)N[C@@H](CCSC)C(=O)N[C@@H](CC(C)C)C(=O)N[C@@H](C)C(=O)N[C@@H](CC(N)=O)C(=O)N[C@H](C(=O)N[C@@H](C)C(=O)N[C@@H](CC(C)C)C(=O)N[C@H](C(=O)NCC(=O)N[C@@H](CCC(=O)O)C(=O)O)[C@@H](C)O)C(C)C. The second-order valence-electron chi connectivity index (χ2n) is 28.6. The molecule has 0 aromatic carbocycles. The summed E-state index contributed by atoms with van der Waals surface area (Å²) < 4.78 is 0. The lowest BCUT2D eigenvalue weighted by Gasteiger charge is -2.30. The van der Waals surface area contributed by atoms with Gasteiger partial charge in [0.2, 0.25) is 94.5 Å². The van der Waals surface area contributed by atoms with Gasteiger partial charge in [0.05, 0.1) is 25.1 Å². The molecule has 0 unspecified atom stereocenters. The fourth-order valence-corrected chi connectivity index (χ4v) is 11.5. The van der Waals surface area contributed by atoms with Crippen LogP contribution in [0.25, 0.3) is 0 Å². The van der Waals surface area contributed by atoms with Gasteiger partial charge in [-0.05, 0) is 121 Å². The van der Waals surface area contributed by atoms with Gasteiger partial charge in [0.25, 0.3) is 0 Å². The molecule has 606 valence electrons. The summed E-state index contributed by atoms with van der Waals surface area (Å²) in [5, 5.41) is 60.9. The van der Waals surface area contributed by atoms with Gasteiger partial charge in [0.1, 0.15) is 78.5 Å². The lowest BCUT2D eigenvalue weighted by Crippen LogP contribution is -2.61. The molecule has 16 amide bonds. The van der Waals surface area contributed by atoms with E-state index in [4.69, 9.17) is 22.3 Å². The molecule has 0 saturated carbocycles. The molecule has 1 fully saturated rings. The van der Waals surface area contributed by atoms with Gasteiger partial charge in [0.15, 0.2) is 0 Å². The van der Waals surface area contributed by atoms with Crippen LogP contribution in [0.15, 0.2) is 0 Å². The molecular weight excluding hydrogens is 1420 g/mol. The summed E-state index contributed by atoms with van der Waals surface area (Å²) in [7, 11) is 0. The summed E-state index contributed by atoms with van der Waals surface area (Å²) in [5.74, 6) is -19.0. The Morgan fingerprint density at radius 3 is 1.33 bits per heavy atom. The van der Waals surface area contributed by atoms with Crippen molar-refractivity contribution in [3.63, 3.8) is 0 Å². The molecule has 38 nitrogen and oxygen atoms in total. The normalized spacial score (nSPS) is 16.9. The Hall–Kier alpha value is -9.27. The maximum absolute atomic E-state index is 14.5. The lowest BCUT2D eigenvalue weighted by molar-refractivity contribution is -0.143. The fourth-order valence-electron chi connectivity index (χ4n) is 11.0. The van der Waals surface area contributed by atoms with Crippen LogP contribution in [0.5, 0.6) is 0 Å². The maximum atomic E-state index is 14.5. The number of carboxylic acid groups (broad SMARTS) is 2. The van der Waals surface area contributed by atoms with Crippen LogP contribution < -0.4 is 86.3 Å². The highest BCUT2D eigenvalue weighted by atomic mass is 32.2. The van der Waals surface area contributed by atoms with E-state index in [1.807, 2.05) is 0 Å². The number of carbonyl (C=O) groups excluding carboxylic acids is 16. The lowest BCUT2D eigenvalue weighted by atomic mass is 9.96. The van der Waals surface area contributed by atoms with Crippen molar-refractivity contribution in [3.05, 3.63) is 0 Å². The molecule has 0 bridgehead atoms. The number of primary amides is 2. The quantitative estimate of drug-likeness (QED) is 0.0272. The average molecular weight is 1540 g/mol. The molecule has 22 N–H and O–H groups in total. The number of likely N-dealkylation sites (tertiary alicyclic amines) is 1. The summed E-state index contributed by atoms with van der Waals surface area (Å²) in [6.45, 7) is 21.4. The second-order valence-corrected chi connectivity index (χ2v) is 29.6. The predicted molar refractivity (Wildman–Crippen MR) is 390 cm³/mol. The van der Waals surface area contributed by atoms with E-state index in [2.05, 4.69) is 69.1 Å². The number of nitrogens with two attached hydrogens (primary N) is 3. The van der Waals surface area contributed by atoms with Gasteiger partial charge in [-0.25, -0.2) is 4.79 Å². The third-order valence-electron chi connectivity index (χ3n) is 17.2. The number of nitrogens with zero attached hydrogens (tertiary/aromatic N) is 1. The van der Waals surface area contributed by atoms with Crippen molar-refractivity contribution >= 4 is 118 Å². The molecule has 1 aliphatic rings. The Bertz CT molecular complexity index is 3120. The summed E-state index contributed by atoms with van der Waals surface area (Å²) >= 11 is 1.34. The summed E-state index contributed by atoms with van der Waals surface area (Å²) in [6, 6.07) is -19.5. The molecule has 1 aliphatic heterocycles. The van der Waals surface area contributed by atoms with Crippen molar-refractivity contribution in [2.75, 3.05) is 25.1 Å². The number of aliphatic carboxylic acids is 2. The number of amides is 16. The molecule has 1 heterocycles. The topological polar surface area (TPSA) is 606 Å². The van der Waals surface area contributed by atoms with Crippen LogP contribution >= 0.6 is 11.8 Å². The van der Waals surface area contributed by atoms with Crippen LogP contribution in [-0.2, 0) is 86.3 Å². The largest absolute Gasteiger partial charge is 0.481 e. The predicted octanol–water partition coefficient (Wildman–Crippen LogP) is -4.64. The maximum Gasteiger partial charge on any atom is 0.326 e. The van der Waals surface area contributed by atoms with Crippen molar-refractivity contribution in [3.8, 4) is 0 Å². The van der Waals surface area contributed by atoms with Gasteiger partial charge in [-0.2, -0.15) is 11.8 Å². The number of aliphatic hydroxyl groups excluding tert-OH is 1. The minimum atomic E-state index is -1.77. The first-order valence-electron chi connectivity index (χ1n) is 35.9. The Balaban J connectivity index is 3.36. The first kappa shape index (κ1) is 95.7. The van der Waals surface area contributed by atoms with E-state index in [-0.39, 0.29) is 69.2 Å². The highest BCUT2D eigenvalue weighted by molar-refractivity contribution is 7.98. The van der Waals surface area contributed by atoms with Crippen LogP contribution in [0, 0.1) is 29.6 Å². The smallest absolute Gasteiger partial charge is 0.326 e. The summed E-state index contributed by atoms with van der Waals surface area (Å²) in [5.41, 5.74) is 16.8.